The smallest absolute Gasteiger partial charge is 0.313 e. The van der Waals surface area contributed by atoms with E-state index in [0.29, 0.717) is 48.0 Å². The summed E-state index contributed by atoms with van der Waals surface area (Å²) >= 11 is 1.52. The van der Waals surface area contributed by atoms with Crippen molar-refractivity contribution in [2.75, 3.05) is 20.3 Å². The molecule has 0 spiro atoms. The molecule has 0 amide bonds. The number of aromatic nitrogens is 2. The van der Waals surface area contributed by atoms with E-state index in [-0.39, 0.29) is 11.5 Å². The van der Waals surface area contributed by atoms with E-state index in [1.165, 1.54) is 11.3 Å². The lowest BCUT2D eigenvalue weighted by molar-refractivity contribution is -0.145. The number of fused-ring (bicyclic) bond motifs is 3. The van der Waals surface area contributed by atoms with Crippen molar-refractivity contribution in [2.45, 2.75) is 45.6 Å². The normalized spacial score (nSPS) is 15.5. The van der Waals surface area contributed by atoms with Crippen molar-refractivity contribution in [3.8, 4) is 11.5 Å². The van der Waals surface area contributed by atoms with Gasteiger partial charge in [-0.05, 0) is 62.9 Å². The van der Waals surface area contributed by atoms with Crippen LogP contribution in [0.1, 0.15) is 41.9 Å². The Kier molecular flexibility index (Phi) is 6.27. The first-order chi connectivity index (χ1) is 15.0. The fourth-order valence-corrected chi connectivity index (χ4v) is 5.40. The number of nitrogens with zero attached hydrogens (tertiary/aromatic N) is 2. The van der Waals surface area contributed by atoms with E-state index >= 15 is 0 Å². The zero-order valence-corrected chi connectivity index (χ0v) is 18.8. The lowest BCUT2D eigenvalue weighted by Gasteiger charge is -2.21. The second kappa shape index (κ2) is 9.09. The molecule has 31 heavy (non-hydrogen) atoms. The Morgan fingerprint density at radius 3 is 2.71 bits per heavy atom. The predicted molar refractivity (Wildman–Crippen MR) is 119 cm³/mol. The third kappa shape index (κ3) is 4.17. The van der Waals surface area contributed by atoms with Crippen molar-refractivity contribution in [1.82, 2.24) is 9.55 Å². The molecule has 1 aliphatic carbocycles. The molecule has 0 saturated carbocycles. The number of carbonyl (C=O) groups is 1. The number of methoxy groups -OCH3 is 1. The van der Waals surface area contributed by atoms with Gasteiger partial charge in [0.25, 0.3) is 5.56 Å². The summed E-state index contributed by atoms with van der Waals surface area (Å²) < 4.78 is 17.9. The SMILES string of the molecule is CCOC(=O)C1CCCc2sc3nc(C)n(CCOc4ccc(OC)cc4)c(=O)c3c21. The largest absolute Gasteiger partial charge is 0.497 e. The minimum atomic E-state index is -0.390. The van der Waals surface area contributed by atoms with Gasteiger partial charge in [0, 0.05) is 4.88 Å². The molecule has 8 heteroatoms. The maximum Gasteiger partial charge on any atom is 0.313 e. The molecule has 1 aliphatic rings. The molecule has 0 bridgehead atoms. The van der Waals surface area contributed by atoms with Crippen molar-refractivity contribution < 1.29 is 19.0 Å². The molecule has 2 heterocycles. The first-order valence-electron chi connectivity index (χ1n) is 10.5. The van der Waals surface area contributed by atoms with Gasteiger partial charge in [0.15, 0.2) is 0 Å². The van der Waals surface area contributed by atoms with Gasteiger partial charge in [-0.15, -0.1) is 11.3 Å². The molecule has 164 valence electrons. The van der Waals surface area contributed by atoms with Crippen molar-refractivity contribution in [3.05, 3.63) is 50.9 Å². The summed E-state index contributed by atoms with van der Waals surface area (Å²) in [4.78, 5) is 32.5. The third-order valence-electron chi connectivity index (χ3n) is 5.58. The van der Waals surface area contributed by atoms with Gasteiger partial charge in [-0.25, -0.2) is 4.98 Å². The molecule has 0 N–H and O–H groups in total. The van der Waals surface area contributed by atoms with E-state index in [0.717, 1.165) is 29.0 Å². The van der Waals surface area contributed by atoms with Crippen molar-refractivity contribution >= 4 is 27.5 Å². The van der Waals surface area contributed by atoms with Crippen LogP contribution in [0.15, 0.2) is 29.1 Å². The van der Waals surface area contributed by atoms with Crippen LogP contribution in [-0.4, -0.2) is 35.8 Å². The highest BCUT2D eigenvalue weighted by Gasteiger charge is 2.33. The average Bonchev–Trinajstić information content (AvgIpc) is 3.14. The Labute approximate surface area is 184 Å². The fraction of sp³-hybridized carbons (Fsp3) is 0.435. The highest BCUT2D eigenvalue weighted by Crippen LogP contribution is 2.41. The second-order valence-corrected chi connectivity index (χ2v) is 8.54. The lowest BCUT2D eigenvalue weighted by Crippen LogP contribution is -2.28. The number of thiophene rings is 1. The van der Waals surface area contributed by atoms with Crippen LogP contribution in [0.5, 0.6) is 11.5 Å². The van der Waals surface area contributed by atoms with Crippen LogP contribution in [-0.2, 0) is 22.5 Å². The maximum atomic E-state index is 13.4. The molecule has 0 fully saturated rings. The van der Waals surface area contributed by atoms with Crippen LogP contribution in [0, 0.1) is 6.92 Å². The van der Waals surface area contributed by atoms with E-state index in [1.54, 1.807) is 18.6 Å². The Morgan fingerprint density at radius 1 is 1.26 bits per heavy atom. The summed E-state index contributed by atoms with van der Waals surface area (Å²) in [6.45, 7) is 4.66. The van der Waals surface area contributed by atoms with Crippen LogP contribution in [0.25, 0.3) is 10.2 Å². The lowest BCUT2D eigenvalue weighted by atomic mass is 9.86. The maximum absolute atomic E-state index is 13.4. The van der Waals surface area contributed by atoms with E-state index < -0.39 is 5.92 Å². The van der Waals surface area contributed by atoms with Crippen LogP contribution in [0.2, 0.25) is 0 Å². The first-order valence-corrected chi connectivity index (χ1v) is 11.3. The Balaban J connectivity index is 1.63. The number of benzene rings is 1. The van der Waals surface area contributed by atoms with Gasteiger partial charge >= 0.3 is 5.97 Å². The summed E-state index contributed by atoms with van der Waals surface area (Å²) in [5, 5.41) is 0.563. The van der Waals surface area contributed by atoms with Gasteiger partial charge in [0.1, 0.15) is 28.8 Å². The summed E-state index contributed by atoms with van der Waals surface area (Å²) in [7, 11) is 1.61. The number of hydrogen-bond donors (Lipinski definition) is 0. The molecule has 3 aromatic rings. The molecular formula is C23H26N2O5S. The molecule has 4 rings (SSSR count). The standard InChI is InChI=1S/C23H26N2O5S/c1-4-29-23(27)17-6-5-7-18-19(17)20-21(31-18)24-14(2)25(22(20)26)12-13-30-16-10-8-15(28-3)9-11-16/h8-11,17H,4-7,12-13H2,1-3H3. The molecular weight excluding hydrogens is 416 g/mol. The number of ether oxygens (including phenoxy) is 3. The molecule has 7 nitrogen and oxygen atoms in total. The molecule has 1 atom stereocenters. The highest BCUT2D eigenvalue weighted by atomic mass is 32.1. The summed E-state index contributed by atoms with van der Waals surface area (Å²) in [5.74, 6) is 1.46. The molecule has 1 aromatic carbocycles. The molecule has 1 unspecified atom stereocenters. The molecule has 2 aromatic heterocycles. The summed E-state index contributed by atoms with van der Waals surface area (Å²) in [6, 6.07) is 7.31. The number of aryl methyl sites for hydroxylation is 2. The second-order valence-electron chi connectivity index (χ2n) is 7.46. The number of carbonyl (C=O) groups excluding carboxylic acids is 1. The van der Waals surface area contributed by atoms with Gasteiger partial charge in [0.05, 0.1) is 31.6 Å². The van der Waals surface area contributed by atoms with Crippen LogP contribution in [0.3, 0.4) is 0 Å². The fourth-order valence-electron chi connectivity index (χ4n) is 4.09. The van der Waals surface area contributed by atoms with E-state index in [9.17, 15) is 9.59 Å². The van der Waals surface area contributed by atoms with Crippen molar-refractivity contribution in [2.24, 2.45) is 0 Å². The molecule has 0 radical (unpaired) electrons. The van der Waals surface area contributed by atoms with E-state index in [1.807, 2.05) is 31.2 Å². The van der Waals surface area contributed by atoms with Gasteiger partial charge < -0.3 is 14.2 Å². The summed E-state index contributed by atoms with van der Waals surface area (Å²) in [6.07, 6.45) is 2.48. The third-order valence-corrected chi connectivity index (χ3v) is 6.73. The average molecular weight is 443 g/mol. The van der Waals surface area contributed by atoms with Crippen LogP contribution >= 0.6 is 11.3 Å². The molecule has 0 aliphatic heterocycles. The Morgan fingerprint density at radius 2 is 2.00 bits per heavy atom. The summed E-state index contributed by atoms with van der Waals surface area (Å²) in [5.41, 5.74) is 0.710. The van der Waals surface area contributed by atoms with E-state index in [4.69, 9.17) is 14.2 Å². The molecule has 0 saturated heterocycles. The van der Waals surface area contributed by atoms with Crippen LogP contribution in [0.4, 0.5) is 0 Å². The first kappa shape index (κ1) is 21.4. The minimum Gasteiger partial charge on any atom is -0.497 e. The predicted octanol–water partition coefficient (Wildman–Crippen LogP) is 3.84. The van der Waals surface area contributed by atoms with Gasteiger partial charge in [0.2, 0.25) is 0 Å². The van der Waals surface area contributed by atoms with Gasteiger partial charge in [-0.3, -0.25) is 14.2 Å². The highest BCUT2D eigenvalue weighted by molar-refractivity contribution is 7.18. The Bertz CT molecular complexity index is 1150. The monoisotopic (exact) mass is 442 g/mol. The zero-order chi connectivity index (χ0) is 22.0. The Hall–Kier alpha value is -2.87. The minimum absolute atomic E-state index is 0.116. The van der Waals surface area contributed by atoms with Crippen molar-refractivity contribution in [1.29, 1.82) is 0 Å². The quantitative estimate of drug-likeness (QED) is 0.518. The zero-order valence-electron chi connectivity index (χ0n) is 18.0. The number of esters is 1. The number of hydrogen-bond acceptors (Lipinski definition) is 7. The van der Waals surface area contributed by atoms with Crippen molar-refractivity contribution in [3.63, 3.8) is 0 Å². The topological polar surface area (TPSA) is 79.7 Å². The van der Waals surface area contributed by atoms with Gasteiger partial charge in [-0.1, -0.05) is 0 Å². The van der Waals surface area contributed by atoms with Crippen LogP contribution < -0.4 is 15.0 Å². The van der Waals surface area contributed by atoms with Gasteiger partial charge in [-0.2, -0.15) is 0 Å². The van der Waals surface area contributed by atoms with E-state index in [2.05, 4.69) is 4.98 Å². The number of rotatable bonds is 7.